The first kappa shape index (κ1) is 20.4. The van der Waals surface area contributed by atoms with Crippen LogP contribution in [0.15, 0.2) is 48.8 Å². The first-order chi connectivity index (χ1) is 13.8. The highest BCUT2D eigenvalue weighted by Gasteiger charge is 2.31. The minimum absolute atomic E-state index is 0.109. The lowest BCUT2D eigenvalue weighted by atomic mass is 10.0. The summed E-state index contributed by atoms with van der Waals surface area (Å²) in [7, 11) is 0. The fourth-order valence-electron chi connectivity index (χ4n) is 3.02. The van der Waals surface area contributed by atoms with Crippen LogP contribution in [0.2, 0.25) is 0 Å². The summed E-state index contributed by atoms with van der Waals surface area (Å²) in [6.45, 7) is 0.959. The molecule has 1 aliphatic rings. The number of carbonyl (C=O) groups is 2. The van der Waals surface area contributed by atoms with Gasteiger partial charge in [-0.3, -0.25) is 9.78 Å². The average molecular weight is 408 g/mol. The molecular weight excluding hydrogens is 389 g/mol. The second-order valence-electron chi connectivity index (χ2n) is 6.48. The predicted octanol–water partition coefficient (Wildman–Crippen LogP) is 3.41. The van der Waals surface area contributed by atoms with E-state index in [2.05, 4.69) is 20.4 Å². The number of carbonyl (C=O) groups excluding carboxylic acids is 2. The van der Waals surface area contributed by atoms with Crippen molar-refractivity contribution in [2.45, 2.75) is 25.2 Å². The van der Waals surface area contributed by atoms with E-state index >= 15 is 0 Å². The van der Waals surface area contributed by atoms with Crippen molar-refractivity contribution in [2.75, 3.05) is 18.4 Å². The van der Waals surface area contributed by atoms with Crippen molar-refractivity contribution in [1.82, 2.24) is 15.2 Å². The molecule has 0 aliphatic carbocycles. The Morgan fingerprint density at radius 3 is 2.55 bits per heavy atom. The zero-order chi connectivity index (χ0) is 20.9. The molecule has 2 heterocycles. The van der Waals surface area contributed by atoms with Gasteiger partial charge in [-0.1, -0.05) is 6.07 Å². The van der Waals surface area contributed by atoms with Crippen LogP contribution in [0.25, 0.3) is 0 Å². The molecule has 10 heteroatoms. The molecule has 3 amide bonds. The molecule has 2 aromatic rings. The summed E-state index contributed by atoms with van der Waals surface area (Å²) in [5.74, 6) is -0.528. The van der Waals surface area contributed by atoms with Crippen LogP contribution < -0.4 is 15.4 Å². The maximum absolute atomic E-state index is 12.4. The van der Waals surface area contributed by atoms with Gasteiger partial charge in [0, 0.05) is 43.3 Å². The Balaban J connectivity index is 1.48. The lowest BCUT2D eigenvalue weighted by Crippen LogP contribution is -2.47. The minimum atomic E-state index is -4.80. The van der Waals surface area contributed by atoms with Crippen LogP contribution in [0.5, 0.6) is 5.75 Å². The molecule has 1 fully saturated rings. The zero-order valence-electron chi connectivity index (χ0n) is 15.3. The number of nitrogens with one attached hydrogen (secondary N) is 2. The summed E-state index contributed by atoms with van der Waals surface area (Å²) >= 11 is 0. The third-order valence-electron chi connectivity index (χ3n) is 4.35. The second kappa shape index (κ2) is 8.80. The third kappa shape index (κ3) is 6.09. The molecule has 0 spiro atoms. The molecular formula is C19H19F3N4O3. The smallest absolute Gasteiger partial charge is 0.406 e. The van der Waals surface area contributed by atoms with Gasteiger partial charge in [0.15, 0.2) is 0 Å². The molecule has 3 rings (SSSR count). The lowest BCUT2D eigenvalue weighted by molar-refractivity contribution is -0.274. The number of urea groups is 1. The van der Waals surface area contributed by atoms with Crippen LogP contribution in [0.1, 0.15) is 23.2 Å². The highest BCUT2D eigenvalue weighted by Crippen LogP contribution is 2.25. The SMILES string of the molecule is O=C(Nc1cccc(OC(F)(F)F)c1)NC1CCN(C(=O)c2cccnc2)CC1. The van der Waals surface area contributed by atoms with Crippen LogP contribution in [0.3, 0.4) is 0 Å². The van der Waals surface area contributed by atoms with Gasteiger partial charge in [0.05, 0.1) is 5.56 Å². The molecule has 1 saturated heterocycles. The number of hydrogen-bond donors (Lipinski definition) is 2. The molecule has 2 N–H and O–H groups in total. The van der Waals surface area contributed by atoms with Crippen molar-refractivity contribution >= 4 is 17.6 Å². The van der Waals surface area contributed by atoms with Crippen molar-refractivity contribution in [3.8, 4) is 5.75 Å². The summed E-state index contributed by atoms with van der Waals surface area (Å²) in [4.78, 5) is 30.2. The number of aromatic nitrogens is 1. The van der Waals surface area contributed by atoms with Gasteiger partial charge < -0.3 is 20.3 Å². The first-order valence-electron chi connectivity index (χ1n) is 8.93. The third-order valence-corrected chi connectivity index (χ3v) is 4.35. The zero-order valence-corrected chi connectivity index (χ0v) is 15.3. The molecule has 0 bridgehead atoms. The van der Waals surface area contributed by atoms with Gasteiger partial charge >= 0.3 is 12.4 Å². The Kier molecular flexibility index (Phi) is 6.20. The maximum atomic E-state index is 12.4. The quantitative estimate of drug-likeness (QED) is 0.812. The number of rotatable bonds is 4. The van der Waals surface area contributed by atoms with Crippen LogP contribution in [-0.4, -0.2) is 47.3 Å². The number of pyridine rings is 1. The summed E-state index contributed by atoms with van der Waals surface area (Å²) in [5.41, 5.74) is 0.686. The van der Waals surface area contributed by atoms with Crippen molar-refractivity contribution in [2.24, 2.45) is 0 Å². The van der Waals surface area contributed by atoms with Gasteiger partial charge in [-0.15, -0.1) is 13.2 Å². The Bertz CT molecular complexity index is 853. The van der Waals surface area contributed by atoms with Crippen molar-refractivity contribution in [1.29, 1.82) is 0 Å². The summed E-state index contributed by atoms with van der Waals surface area (Å²) in [6.07, 6.45) is -0.567. The van der Waals surface area contributed by atoms with E-state index < -0.39 is 18.1 Å². The Morgan fingerprint density at radius 2 is 1.90 bits per heavy atom. The number of ether oxygens (including phenoxy) is 1. The molecule has 1 aliphatic heterocycles. The molecule has 154 valence electrons. The number of piperidine rings is 1. The van der Waals surface area contributed by atoms with Gasteiger partial charge in [-0.25, -0.2) is 4.79 Å². The number of benzene rings is 1. The molecule has 1 aromatic carbocycles. The monoisotopic (exact) mass is 408 g/mol. The molecule has 0 radical (unpaired) electrons. The molecule has 7 nitrogen and oxygen atoms in total. The van der Waals surface area contributed by atoms with Crippen LogP contribution in [-0.2, 0) is 0 Å². The number of alkyl halides is 3. The molecule has 1 aromatic heterocycles. The van der Waals surface area contributed by atoms with E-state index in [-0.39, 0.29) is 17.6 Å². The number of amides is 3. The van der Waals surface area contributed by atoms with Crippen molar-refractivity contribution in [3.63, 3.8) is 0 Å². The largest absolute Gasteiger partial charge is 0.573 e. The number of hydrogen-bond acceptors (Lipinski definition) is 4. The van der Waals surface area contributed by atoms with Gasteiger partial charge in [0.2, 0.25) is 0 Å². The van der Waals surface area contributed by atoms with Gasteiger partial charge in [0.1, 0.15) is 5.75 Å². The maximum Gasteiger partial charge on any atom is 0.573 e. The highest BCUT2D eigenvalue weighted by molar-refractivity contribution is 5.94. The molecule has 0 saturated carbocycles. The lowest BCUT2D eigenvalue weighted by Gasteiger charge is -2.32. The van der Waals surface area contributed by atoms with E-state index in [9.17, 15) is 22.8 Å². The Labute approximate surface area is 164 Å². The molecule has 0 atom stereocenters. The van der Waals surface area contributed by atoms with E-state index in [1.807, 2.05) is 0 Å². The van der Waals surface area contributed by atoms with Crippen molar-refractivity contribution < 1.29 is 27.5 Å². The fourth-order valence-corrected chi connectivity index (χ4v) is 3.02. The minimum Gasteiger partial charge on any atom is -0.406 e. The number of anilines is 1. The van der Waals surface area contributed by atoms with Gasteiger partial charge in [-0.2, -0.15) is 0 Å². The van der Waals surface area contributed by atoms with E-state index in [0.29, 0.717) is 31.5 Å². The predicted molar refractivity (Wildman–Crippen MR) is 98.4 cm³/mol. The summed E-state index contributed by atoms with van der Waals surface area (Å²) < 4.78 is 40.7. The Hall–Kier alpha value is -3.30. The van der Waals surface area contributed by atoms with E-state index in [1.54, 1.807) is 23.2 Å². The summed E-state index contributed by atoms with van der Waals surface area (Å²) in [6, 6.07) is 7.74. The number of likely N-dealkylation sites (tertiary alicyclic amines) is 1. The van der Waals surface area contributed by atoms with E-state index in [4.69, 9.17) is 0 Å². The summed E-state index contributed by atoms with van der Waals surface area (Å²) in [5, 5.41) is 5.26. The highest BCUT2D eigenvalue weighted by atomic mass is 19.4. The van der Waals surface area contributed by atoms with Crippen molar-refractivity contribution in [3.05, 3.63) is 54.4 Å². The fraction of sp³-hybridized carbons (Fsp3) is 0.316. The topological polar surface area (TPSA) is 83.6 Å². The normalized spacial score (nSPS) is 14.9. The molecule has 29 heavy (non-hydrogen) atoms. The van der Waals surface area contributed by atoms with E-state index in [0.717, 1.165) is 12.1 Å². The van der Waals surface area contributed by atoms with E-state index in [1.165, 1.54) is 18.3 Å². The van der Waals surface area contributed by atoms with Gasteiger partial charge in [0.25, 0.3) is 5.91 Å². The van der Waals surface area contributed by atoms with Crippen LogP contribution in [0, 0.1) is 0 Å². The number of nitrogens with zero attached hydrogens (tertiary/aromatic N) is 2. The number of halogens is 3. The van der Waals surface area contributed by atoms with Gasteiger partial charge in [-0.05, 0) is 37.1 Å². The van der Waals surface area contributed by atoms with Crippen LogP contribution >= 0.6 is 0 Å². The van der Waals surface area contributed by atoms with Crippen LogP contribution in [0.4, 0.5) is 23.7 Å². The Morgan fingerprint density at radius 1 is 1.14 bits per heavy atom. The second-order valence-corrected chi connectivity index (χ2v) is 6.48. The average Bonchev–Trinajstić information content (AvgIpc) is 2.67. The standard InChI is InChI=1S/C19H19F3N4O3/c20-19(21,22)29-16-5-1-4-15(11-16)25-18(28)24-14-6-9-26(10-7-14)17(27)13-3-2-8-23-12-13/h1-5,8,11-12,14H,6-7,9-10H2,(H2,24,25,28). The molecule has 0 unspecified atom stereocenters. The first-order valence-corrected chi connectivity index (χ1v) is 8.93.